The van der Waals surface area contributed by atoms with Crippen LogP contribution < -0.4 is 0 Å². The second-order valence-corrected chi connectivity index (χ2v) is 9.14. The molecule has 1 aliphatic carbocycles. The maximum absolute atomic E-state index is 12.1. The van der Waals surface area contributed by atoms with Gasteiger partial charge in [-0.25, -0.2) is 4.79 Å². The van der Waals surface area contributed by atoms with E-state index >= 15 is 0 Å². The summed E-state index contributed by atoms with van der Waals surface area (Å²) in [4.78, 5) is 24.1. The van der Waals surface area contributed by atoms with Crippen LogP contribution in [-0.2, 0) is 9.53 Å². The minimum absolute atomic E-state index is 0.218. The molecule has 0 atom stereocenters. The van der Waals surface area contributed by atoms with E-state index < -0.39 is 5.97 Å². The fourth-order valence-electron chi connectivity index (χ4n) is 3.86. The minimum Gasteiger partial charge on any atom is -0.454 e. The third kappa shape index (κ3) is 8.20. The molecule has 0 saturated heterocycles. The van der Waals surface area contributed by atoms with Gasteiger partial charge in [-0.2, -0.15) is 5.26 Å². The molecule has 0 bridgehead atoms. The Balaban J connectivity index is 1.89. The second kappa shape index (κ2) is 12.0. The standard InChI is InChI=1S/C29H33NO3/c1-21(11-16-26-23(3)10-7-17-29(26,4)5)8-6-9-22(2)18-28(32)33-20-27(31)25-14-12-24(19-30)13-15-25/h6,8-9,11-16,18H,7,10,17,20H2,1-5H3/b9-6+,16-11+,21-8+,22-18+. The summed E-state index contributed by atoms with van der Waals surface area (Å²) in [7, 11) is 0. The molecule has 0 aromatic heterocycles. The van der Waals surface area contributed by atoms with Crippen molar-refractivity contribution >= 4 is 11.8 Å². The summed E-state index contributed by atoms with van der Waals surface area (Å²) in [5, 5.41) is 8.80. The van der Waals surface area contributed by atoms with Crippen LogP contribution >= 0.6 is 0 Å². The molecule has 1 aromatic carbocycles. The quantitative estimate of drug-likeness (QED) is 0.191. The van der Waals surface area contributed by atoms with Crippen LogP contribution in [0.4, 0.5) is 0 Å². The number of carbonyl (C=O) groups excluding carboxylic acids is 2. The first-order valence-electron chi connectivity index (χ1n) is 11.2. The Morgan fingerprint density at radius 2 is 1.82 bits per heavy atom. The summed E-state index contributed by atoms with van der Waals surface area (Å²) in [6.07, 6.45) is 15.1. The maximum Gasteiger partial charge on any atom is 0.331 e. The third-order valence-corrected chi connectivity index (χ3v) is 5.80. The summed E-state index contributed by atoms with van der Waals surface area (Å²) >= 11 is 0. The van der Waals surface area contributed by atoms with Crippen molar-refractivity contribution in [1.82, 2.24) is 0 Å². The van der Waals surface area contributed by atoms with E-state index in [2.05, 4.69) is 39.8 Å². The average molecular weight is 444 g/mol. The van der Waals surface area contributed by atoms with E-state index in [9.17, 15) is 9.59 Å². The molecule has 2 rings (SSSR count). The lowest BCUT2D eigenvalue weighted by atomic mass is 9.72. The van der Waals surface area contributed by atoms with Gasteiger partial charge in [0.1, 0.15) is 0 Å². The molecular weight excluding hydrogens is 410 g/mol. The molecule has 0 radical (unpaired) electrons. The van der Waals surface area contributed by atoms with Gasteiger partial charge in [0.15, 0.2) is 12.4 Å². The molecule has 4 nitrogen and oxygen atoms in total. The Bertz CT molecular complexity index is 1070. The fraction of sp³-hybridized carbons (Fsp3) is 0.345. The van der Waals surface area contributed by atoms with Gasteiger partial charge in [0.05, 0.1) is 11.6 Å². The van der Waals surface area contributed by atoms with Crippen molar-refractivity contribution in [2.24, 2.45) is 5.41 Å². The Kier molecular flexibility index (Phi) is 9.36. The number of nitrogens with zero attached hydrogens (tertiary/aromatic N) is 1. The lowest BCUT2D eigenvalue weighted by Gasteiger charge is -2.32. The van der Waals surface area contributed by atoms with Gasteiger partial charge in [-0.1, -0.05) is 55.4 Å². The van der Waals surface area contributed by atoms with Crippen molar-refractivity contribution in [2.75, 3.05) is 6.61 Å². The average Bonchev–Trinajstić information content (AvgIpc) is 2.76. The molecule has 0 unspecified atom stereocenters. The van der Waals surface area contributed by atoms with Crippen LogP contribution in [0.15, 0.2) is 83.0 Å². The molecular formula is C29H33NO3. The van der Waals surface area contributed by atoms with Gasteiger partial charge in [0.2, 0.25) is 0 Å². The van der Waals surface area contributed by atoms with E-state index in [0.29, 0.717) is 11.1 Å². The van der Waals surface area contributed by atoms with Crippen molar-refractivity contribution in [2.45, 2.75) is 53.9 Å². The molecule has 0 fully saturated rings. The smallest absolute Gasteiger partial charge is 0.331 e. The molecule has 0 amide bonds. The van der Waals surface area contributed by atoms with Crippen LogP contribution in [0.2, 0.25) is 0 Å². The Morgan fingerprint density at radius 3 is 2.45 bits per heavy atom. The maximum atomic E-state index is 12.1. The molecule has 0 spiro atoms. The number of nitriles is 1. The molecule has 0 heterocycles. The largest absolute Gasteiger partial charge is 0.454 e. The first kappa shape index (κ1) is 25.8. The molecule has 1 aliphatic rings. The summed E-state index contributed by atoms with van der Waals surface area (Å²) < 4.78 is 5.05. The van der Waals surface area contributed by atoms with Crippen LogP contribution in [0.5, 0.6) is 0 Å². The van der Waals surface area contributed by atoms with Crippen molar-refractivity contribution in [3.8, 4) is 6.07 Å². The molecule has 172 valence electrons. The summed E-state index contributed by atoms with van der Waals surface area (Å²) in [6.45, 7) is 10.4. The Labute approximate surface area is 197 Å². The predicted molar refractivity (Wildman–Crippen MR) is 133 cm³/mol. The van der Waals surface area contributed by atoms with Crippen molar-refractivity contribution in [1.29, 1.82) is 5.26 Å². The van der Waals surface area contributed by atoms with Crippen molar-refractivity contribution in [3.05, 3.63) is 94.1 Å². The Hall–Kier alpha value is -3.45. The van der Waals surface area contributed by atoms with Crippen LogP contribution in [-0.4, -0.2) is 18.4 Å². The number of rotatable bonds is 8. The summed E-state index contributed by atoms with van der Waals surface area (Å²) in [5.74, 6) is -0.882. The lowest BCUT2D eigenvalue weighted by molar-refractivity contribution is -0.136. The number of ketones is 1. The molecule has 0 saturated carbocycles. The monoisotopic (exact) mass is 443 g/mol. The first-order valence-corrected chi connectivity index (χ1v) is 11.2. The zero-order valence-electron chi connectivity index (χ0n) is 20.3. The lowest BCUT2D eigenvalue weighted by Crippen LogP contribution is -2.19. The zero-order valence-corrected chi connectivity index (χ0v) is 20.3. The van der Waals surface area contributed by atoms with Gasteiger partial charge in [0.25, 0.3) is 0 Å². The number of ether oxygens (including phenoxy) is 1. The number of esters is 1. The molecule has 0 N–H and O–H groups in total. The fourth-order valence-corrected chi connectivity index (χ4v) is 3.86. The van der Waals surface area contributed by atoms with Crippen LogP contribution in [0.1, 0.15) is 69.8 Å². The third-order valence-electron chi connectivity index (χ3n) is 5.80. The molecule has 4 heteroatoms. The number of carbonyl (C=O) groups is 2. The van der Waals surface area contributed by atoms with Crippen molar-refractivity contribution in [3.63, 3.8) is 0 Å². The highest BCUT2D eigenvalue weighted by Gasteiger charge is 2.26. The SMILES string of the molecule is CC1=C(/C=C/C(C)=C/C=C/C(C)=C/C(=O)OCC(=O)c2ccc(C#N)cc2)C(C)(C)CCC1. The van der Waals surface area contributed by atoms with E-state index in [0.717, 1.165) is 11.1 Å². The summed E-state index contributed by atoms with van der Waals surface area (Å²) in [5.41, 5.74) is 5.84. The number of Topliss-reactive ketones (excluding diaryl/α,β-unsaturated/α-hetero) is 1. The van der Waals surface area contributed by atoms with Crippen LogP contribution in [0.25, 0.3) is 0 Å². The van der Waals surface area contributed by atoms with E-state index in [4.69, 9.17) is 10.00 Å². The van der Waals surface area contributed by atoms with Crippen molar-refractivity contribution < 1.29 is 14.3 Å². The molecule has 33 heavy (non-hydrogen) atoms. The highest BCUT2D eigenvalue weighted by atomic mass is 16.5. The van der Waals surface area contributed by atoms with E-state index in [-0.39, 0.29) is 17.8 Å². The normalized spacial score (nSPS) is 16.8. The van der Waals surface area contributed by atoms with Gasteiger partial charge < -0.3 is 4.74 Å². The van der Waals surface area contributed by atoms with Crippen LogP contribution in [0.3, 0.4) is 0 Å². The first-order chi connectivity index (χ1) is 15.6. The number of hydrogen-bond acceptors (Lipinski definition) is 4. The highest BCUT2D eigenvalue weighted by Crippen LogP contribution is 2.40. The van der Waals surface area contributed by atoms with E-state index in [1.54, 1.807) is 31.2 Å². The zero-order chi connectivity index (χ0) is 24.4. The van der Waals surface area contributed by atoms with Crippen LogP contribution in [0, 0.1) is 16.7 Å². The molecule has 1 aromatic rings. The topological polar surface area (TPSA) is 67.2 Å². The van der Waals surface area contributed by atoms with Gasteiger partial charge in [-0.3, -0.25) is 4.79 Å². The van der Waals surface area contributed by atoms with Gasteiger partial charge in [0, 0.05) is 11.6 Å². The van der Waals surface area contributed by atoms with Gasteiger partial charge >= 0.3 is 5.97 Å². The minimum atomic E-state index is -0.568. The Morgan fingerprint density at radius 1 is 1.12 bits per heavy atom. The summed E-state index contributed by atoms with van der Waals surface area (Å²) in [6, 6.07) is 8.21. The van der Waals surface area contributed by atoms with Gasteiger partial charge in [-0.15, -0.1) is 0 Å². The highest BCUT2D eigenvalue weighted by molar-refractivity contribution is 5.98. The van der Waals surface area contributed by atoms with E-state index in [1.807, 2.05) is 24.3 Å². The van der Waals surface area contributed by atoms with Gasteiger partial charge in [-0.05, 0) is 80.9 Å². The molecule has 0 aliphatic heterocycles. The number of allylic oxidation sites excluding steroid dienone is 9. The second-order valence-electron chi connectivity index (χ2n) is 9.14. The van der Waals surface area contributed by atoms with E-state index in [1.165, 1.54) is 36.5 Å². The number of hydrogen-bond donors (Lipinski definition) is 0. The predicted octanol–water partition coefficient (Wildman–Crippen LogP) is 6.82. The number of benzene rings is 1.